The van der Waals surface area contributed by atoms with E-state index >= 15 is 0 Å². The number of rotatable bonds is 7. The minimum absolute atomic E-state index is 0.0792. The highest BCUT2D eigenvalue weighted by molar-refractivity contribution is 8.18. The monoisotopic (exact) mass is 450 g/mol. The number of thioether (sulfide) groups is 1. The molecule has 0 unspecified atom stereocenters. The van der Waals surface area contributed by atoms with Gasteiger partial charge in [0, 0.05) is 16.3 Å². The molecule has 0 aliphatic carbocycles. The van der Waals surface area contributed by atoms with Crippen molar-refractivity contribution in [2.24, 2.45) is 0 Å². The fraction of sp³-hybridized carbons (Fsp3) is 0.0833. The SMILES string of the molecule is O=C1S/C(=C/c2ccccc2OCc2ccccc2)C(=O)N1CNc1ccc(Cl)cc1. The topological polar surface area (TPSA) is 58.6 Å². The summed E-state index contributed by atoms with van der Waals surface area (Å²) in [5.74, 6) is 0.312. The molecule has 1 saturated heterocycles. The summed E-state index contributed by atoms with van der Waals surface area (Å²) in [5.41, 5.74) is 2.56. The lowest BCUT2D eigenvalue weighted by molar-refractivity contribution is -0.122. The molecule has 0 bridgehead atoms. The predicted molar refractivity (Wildman–Crippen MR) is 125 cm³/mol. The van der Waals surface area contributed by atoms with Gasteiger partial charge in [0.15, 0.2) is 0 Å². The second-order valence-corrected chi connectivity index (χ2v) is 8.19. The van der Waals surface area contributed by atoms with E-state index in [1.807, 2.05) is 54.6 Å². The van der Waals surface area contributed by atoms with Crippen LogP contribution in [0.15, 0.2) is 83.8 Å². The second kappa shape index (κ2) is 9.73. The van der Waals surface area contributed by atoms with Gasteiger partial charge >= 0.3 is 0 Å². The van der Waals surface area contributed by atoms with Gasteiger partial charge in [-0.15, -0.1) is 0 Å². The Kier molecular flexibility index (Phi) is 6.60. The van der Waals surface area contributed by atoms with Gasteiger partial charge in [0.2, 0.25) is 0 Å². The third kappa shape index (κ3) is 5.29. The van der Waals surface area contributed by atoms with Gasteiger partial charge < -0.3 is 10.1 Å². The minimum atomic E-state index is -0.339. The van der Waals surface area contributed by atoms with Gasteiger partial charge in [0.1, 0.15) is 12.4 Å². The molecule has 2 amide bonds. The Labute approximate surface area is 189 Å². The molecule has 0 aromatic heterocycles. The average molecular weight is 451 g/mol. The Bertz CT molecular complexity index is 1120. The van der Waals surface area contributed by atoms with Crippen LogP contribution in [0.4, 0.5) is 10.5 Å². The Balaban J connectivity index is 1.45. The maximum atomic E-state index is 12.8. The molecule has 31 heavy (non-hydrogen) atoms. The molecule has 156 valence electrons. The normalized spacial score (nSPS) is 14.9. The molecule has 1 fully saturated rings. The molecule has 1 aliphatic heterocycles. The molecule has 4 rings (SSSR count). The molecule has 0 atom stereocenters. The van der Waals surface area contributed by atoms with Crippen LogP contribution in [0.3, 0.4) is 0 Å². The van der Waals surface area contributed by atoms with E-state index in [9.17, 15) is 9.59 Å². The largest absolute Gasteiger partial charge is 0.488 e. The third-order valence-electron chi connectivity index (χ3n) is 4.60. The number of nitrogens with zero attached hydrogens (tertiary/aromatic N) is 1. The van der Waals surface area contributed by atoms with Crippen molar-refractivity contribution >= 4 is 46.3 Å². The molecular weight excluding hydrogens is 432 g/mol. The lowest BCUT2D eigenvalue weighted by Gasteiger charge is -2.14. The fourth-order valence-corrected chi connectivity index (χ4v) is 3.94. The number of hydrogen-bond donors (Lipinski definition) is 1. The number of hydrogen-bond acceptors (Lipinski definition) is 5. The van der Waals surface area contributed by atoms with E-state index in [1.165, 1.54) is 4.90 Å². The zero-order valence-corrected chi connectivity index (χ0v) is 18.0. The minimum Gasteiger partial charge on any atom is -0.488 e. The number of benzene rings is 3. The van der Waals surface area contributed by atoms with E-state index in [0.717, 1.165) is 28.6 Å². The van der Waals surface area contributed by atoms with Crippen molar-refractivity contribution in [1.29, 1.82) is 0 Å². The Morgan fingerprint density at radius 2 is 1.65 bits per heavy atom. The van der Waals surface area contributed by atoms with Crippen molar-refractivity contribution in [3.05, 3.63) is 99.9 Å². The van der Waals surface area contributed by atoms with Gasteiger partial charge in [-0.2, -0.15) is 0 Å². The van der Waals surface area contributed by atoms with E-state index in [1.54, 1.807) is 30.3 Å². The first-order valence-electron chi connectivity index (χ1n) is 9.61. The van der Waals surface area contributed by atoms with Crippen molar-refractivity contribution in [1.82, 2.24) is 4.90 Å². The van der Waals surface area contributed by atoms with Gasteiger partial charge in [-0.25, -0.2) is 0 Å². The average Bonchev–Trinajstić information content (AvgIpc) is 3.06. The quantitative estimate of drug-likeness (QED) is 0.445. The van der Waals surface area contributed by atoms with Crippen LogP contribution in [0.1, 0.15) is 11.1 Å². The number of nitrogens with one attached hydrogen (secondary N) is 1. The van der Waals surface area contributed by atoms with Crippen LogP contribution in [-0.4, -0.2) is 22.7 Å². The van der Waals surface area contributed by atoms with E-state index in [0.29, 0.717) is 22.3 Å². The van der Waals surface area contributed by atoms with Crippen LogP contribution < -0.4 is 10.1 Å². The summed E-state index contributed by atoms with van der Waals surface area (Å²) in [6.07, 6.45) is 1.70. The third-order valence-corrected chi connectivity index (χ3v) is 5.76. The predicted octanol–water partition coefficient (Wildman–Crippen LogP) is 6.02. The smallest absolute Gasteiger partial charge is 0.295 e. The van der Waals surface area contributed by atoms with E-state index < -0.39 is 0 Å². The molecule has 3 aromatic rings. The van der Waals surface area contributed by atoms with Crippen molar-refractivity contribution in [3.63, 3.8) is 0 Å². The highest BCUT2D eigenvalue weighted by atomic mass is 35.5. The zero-order chi connectivity index (χ0) is 21.6. The van der Waals surface area contributed by atoms with E-state index in [-0.39, 0.29) is 17.8 Å². The van der Waals surface area contributed by atoms with Gasteiger partial charge in [-0.05, 0) is 53.7 Å². The van der Waals surface area contributed by atoms with Crippen molar-refractivity contribution in [2.75, 3.05) is 12.0 Å². The zero-order valence-electron chi connectivity index (χ0n) is 16.5. The summed E-state index contributed by atoms with van der Waals surface area (Å²) in [5, 5.41) is 3.37. The number of carbonyl (C=O) groups excluding carboxylic acids is 2. The molecule has 1 N–H and O–H groups in total. The number of anilines is 1. The lowest BCUT2D eigenvalue weighted by Crippen LogP contribution is -2.33. The van der Waals surface area contributed by atoms with Gasteiger partial charge in [-0.1, -0.05) is 60.1 Å². The Hall–Kier alpha value is -3.22. The Morgan fingerprint density at radius 1 is 0.935 bits per heavy atom. The summed E-state index contributed by atoms with van der Waals surface area (Å²) in [7, 11) is 0. The van der Waals surface area contributed by atoms with Gasteiger partial charge in [-0.3, -0.25) is 14.5 Å². The van der Waals surface area contributed by atoms with Crippen LogP contribution in [0, 0.1) is 0 Å². The number of ether oxygens (including phenoxy) is 1. The molecule has 3 aromatic carbocycles. The summed E-state index contributed by atoms with van der Waals surface area (Å²) < 4.78 is 5.95. The molecule has 0 radical (unpaired) electrons. The maximum Gasteiger partial charge on any atom is 0.295 e. The summed E-state index contributed by atoms with van der Waals surface area (Å²) in [4.78, 5) is 26.7. The van der Waals surface area contributed by atoms with Crippen LogP contribution >= 0.6 is 23.4 Å². The first-order valence-corrected chi connectivity index (χ1v) is 10.8. The number of para-hydroxylation sites is 1. The van der Waals surface area contributed by atoms with Gasteiger partial charge in [0.05, 0.1) is 11.6 Å². The molecule has 5 nitrogen and oxygen atoms in total. The Morgan fingerprint density at radius 3 is 2.42 bits per heavy atom. The van der Waals surface area contributed by atoms with Crippen LogP contribution in [0.2, 0.25) is 5.02 Å². The summed E-state index contributed by atoms with van der Waals surface area (Å²) >= 11 is 6.80. The first-order chi connectivity index (χ1) is 15.1. The van der Waals surface area contributed by atoms with Crippen molar-refractivity contribution in [2.45, 2.75) is 6.61 Å². The number of amides is 2. The fourth-order valence-electron chi connectivity index (χ4n) is 2.98. The summed E-state index contributed by atoms with van der Waals surface area (Å²) in [6, 6.07) is 24.4. The second-order valence-electron chi connectivity index (χ2n) is 6.76. The molecule has 1 aliphatic rings. The summed E-state index contributed by atoms with van der Waals surface area (Å²) in [6.45, 7) is 0.494. The van der Waals surface area contributed by atoms with E-state index in [4.69, 9.17) is 16.3 Å². The lowest BCUT2D eigenvalue weighted by atomic mass is 10.1. The van der Waals surface area contributed by atoms with E-state index in [2.05, 4.69) is 5.32 Å². The first kappa shape index (κ1) is 21.0. The number of carbonyl (C=O) groups is 2. The molecule has 0 saturated carbocycles. The van der Waals surface area contributed by atoms with Crippen molar-refractivity contribution in [3.8, 4) is 5.75 Å². The van der Waals surface area contributed by atoms with Crippen LogP contribution in [0.5, 0.6) is 5.75 Å². The standard InChI is InChI=1S/C24H19ClN2O3S/c25-19-10-12-20(13-11-19)26-16-27-23(28)22(31-24(27)29)14-18-8-4-5-9-21(18)30-15-17-6-2-1-3-7-17/h1-14,26H,15-16H2/b22-14+. The molecule has 0 spiro atoms. The van der Waals surface area contributed by atoms with Crippen LogP contribution in [-0.2, 0) is 11.4 Å². The van der Waals surface area contributed by atoms with Crippen molar-refractivity contribution < 1.29 is 14.3 Å². The highest BCUT2D eigenvalue weighted by Gasteiger charge is 2.35. The van der Waals surface area contributed by atoms with Crippen LogP contribution in [0.25, 0.3) is 6.08 Å². The maximum absolute atomic E-state index is 12.8. The highest BCUT2D eigenvalue weighted by Crippen LogP contribution is 2.34. The number of halogens is 1. The molecule has 7 heteroatoms. The number of imide groups is 1. The van der Waals surface area contributed by atoms with Gasteiger partial charge in [0.25, 0.3) is 11.1 Å². The molecule has 1 heterocycles. The molecular formula is C24H19ClN2O3S.